The molecular formula is C29H27NO6. The van der Waals surface area contributed by atoms with Crippen molar-refractivity contribution in [3.05, 3.63) is 82.6 Å². The lowest BCUT2D eigenvalue weighted by molar-refractivity contribution is -0.116. The van der Waals surface area contributed by atoms with Gasteiger partial charge < -0.3 is 29.0 Å². The van der Waals surface area contributed by atoms with Crippen molar-refractivity contribution in [1.82, 2.24) is 0 Å². The van der Waals surface area contributed by atoms with Gasteiger partial charge in [-0.15, -0.1) is 0 Å². The predicted molar refractivity (Wildman–Crippen MR) is 135 cm³/mol. The molecule has 0 radical (unpaired) electrons. The summed E-state index contributed by atoms with van der Waals surface area (Å²) in [6, 6.07) is 18.0. The summed E-state index contributed by atoms with van der Waals surface area (Å²) in [5.74, 6) is 3.02. The van der Waals surface area contributed by atoms with Gasteiger partial charge in [0, 0.05) is 35.4 Å². The molecule has 2 aliphatic heterocycles. The molecule has 0 spiro atoms. The second-order valence-electron chi connectivity index (χ2n) is 9.14. The number of hydrogen-bond acceptors (Lipinski definition) is 7. The second-order valence-corrected chi connectivity index (χ2v) is 9.14. The van der Waals surface area contributed by atoms with Gasteiger partial charge in [0.15, 0.2) is 28.8 Å². The summed E-state index contributed by atoms with van der Waals surface area (Å²) < 4.78 is 27.9. The molecule has 0 saturated carbocycles. The Labute approximate surface area is 209 Å². The number of methoxy groups -OCH3 is 3. The van der Waals surface area contributed by atoms with Crippen molar-refractivity contribution in [3.63, 3.8) is 0 Å². The normalized spacial score (nSPS) is 19.8. The van der Waals surface area contributed by atoms with Crippen LogP contribution in [0.5, 0.6) is 28.7 Å². The van der Waals surface area contributed by atoms with Crippen LogP contribution >= 0.6 is 0 Å². The molecular weight excluding hydrogens is 458 g/mol. The van der Waals surface area contributed by atoms with E-state index >= 15 is 0 Å². The van der Waals surface area contributed by atoms with Gasteiger partial charge in [0.1, 0.15) is 0 Å². The van der Waals surface area contributed by atoms with E-state index in [-0.39, 0.29) is 24.4 Å². The van der Waals surface area contributed by atoms with E-state index < -0.39 is 0 Å². The Hall–Kier alpha value is -4.13. The Balaban J connectivity index is 1.45. The minimum Gasteiger partial charge on any atom is -0.493 e. The van der Waals surface area contributed by atoms with Gasteiger partial charge in [0.25, 0.3) is 0 Å². The van der Waals surface area contributed by atoms with Crippen LogP contribution in [0.4, 0.5) is 5.69 Å². The van der Waals surface area contributed by atoms with Gasteiger partial charge in [0.05, 0.1) is 21.3 Å². The van der Waals surface area contributed by atoms with Crippen LogP contribution in [0.1, 0.15) is 41.4 Å². The van der Waals surface area contributed by atoms with Gasteiger partial charge in [0.2, 0.25) is 12.5 Å². The van der Waals surface area contributed by atoms with Crippen LogP contribution in [0.25, 0.3) is 0 Å². The van der Waals surface area contributed by atoms with Crippen molar-refractivity contribution < 1.29 is 28.5 Å². The maximum absolute atomic E-state index is 13.8. The first-order valence-electron chi connectivity index (χ1n) is 11.9. The highest BCUT2D eigenvalue weighted by atomic mass is 16.7. The third-order valence-electron chi connectivity index (χ3n) is 7.23. The van der Waals surface area contributed by atoms with E-state index in [1.807, 2.05) is 42.5 Å². The molecule has 7 heteroatoms. The summed E-state index contributed by atoms with van der Waals surface area (Å²) in [4.78, 5) is 13.8. The van der Waals surface area contributed by atoms with Gasteiger partial charge in [-0.2, -0.15) is 0 Å². The molecule has 7 nitrogen and oxygen atoms in total. The number of allylic oxidation sites excluding steroid dienone is 2. The number of fused-ring (bicyclic) bond motifs is 2. The lowest BCUT2D eigenvalue weighted by Gasteiger charge is -2.37. The molecule has 184 valence electrons. The van der Waals surface area contributed by atoms with Gasteiger partial charge in [-0.1, -0.05) is 30.3 Å². The minimum absolute atomic E-state index is 0.0376. The Morgan fingerprint density at radius 2 is 1.53 bits per heavy atom. The number of nitrogens with one attached hydrogen (secondary N) is 1. The third-order valence-corrected chi connectivity index (χ3v) is 7.23. The molecule has 3 aliphatic rings. The summed E-state index contributed by atoms with van der Waals surface area (Å²) in [6.07, 6.45) is 1.07. The van der Waals surface area contributed by atoms with E-state index in [1.54, 1.807) is 21.3 Å². The second kappa shape index (κ2) is 8.82. The molecule has 0 aromatic heterocycles. The van der Waals surface area contributed by atoms with E-state index in [9.17, 15) is 4.79 Å². The average molecular weight is 486 g/mol. The Kier molecular flexibility index (Phi) is 5.48. The summed E-state index contributed by atoms with van der Waals surface area (Å²) in [6.45, 7) is 0.198. The lowest BCUT2D eigenvalue weighted by Crippen LogP contribution is -2.29. The molecule has 2 atom stereocenters. The van der Waals surface area contributed by atoms with Crippen LogP contribution < -0.4 is 29.0 Å². The summed E-state index contributed by atoms with van der Waals surface area (Å²) >= 11 is 0. The van der Waals surface area contributed by atoms with Crippen LogP contribution in [0, 0.1) is 0 Å². The SMILES string of the molecule is COc1cc([C@@H]2CC(=O)C3=C(C2)Nc2cc4c(cc2[C@@H]3c2ccccc2)OCO4)cc(OC)c1OC. The molecule has 0 fully saturated rings. The first-order valence-corrected chi connectivity index (χ1v) is 11.9. The molecule has 1 N–H and O–H groups in total. The third kappa shape index (κ3) is 3.54. The Morgan fingerprint density at radius 3 is 2.19 bits per heavy atom. The fourth-order valence-electron chi connectivity index (χ4n) is 5.57. The largest absolute Gasteiger partial charge is 0.493 e. The molecule has 6 rings (SSSR count). The van der Waals surface area contributed by atoms with Crippen molar-refractivity contribution >= 4 is 11.5 Å². The van der Waals surface area contributed by atoms with Gasteiger partial charge in [-0.05, 0) is 47.2 Å². The molecule has 2 heterocycles. The lowest BCUT2D eigenvalue weighted by atomic mass is 9.72. The highest BCUT2D eigenvalue weighted by Gasteiger charge is 2.39. The number of hydrogen-bond donors (Lipinski definition) is 1. The number of ether oxygens (including phenoxy) is 5. The van der Waals surface area contributed by atoms with E-state index in [0.717, 1.165) is 33.6 Å². The first kappa shape index (κ1) is 22.3. The van der Waals surface area contributed by atoms with E-state index in [2.05, 4.69) is 17.4 Å². The van der Waals surface area contributed by atoms with Gasteiger partial charge in [-0.3, -0.25) is 4.79 Å². The predicted octanol–water partition coefficient (Wildman–Crippen LogP) is 5.40. The first-order chi connectivity index (χ1) is 17.6. The standard InChI is InChI=1S/C29H27NO6/c1-32-25-11-18(12-26(33-2)29(25)34-3)17-9-21-28(22(31)10-17)27(16-7-5-4-6-8-16)19-13-23-24(36-15-35-23)14-20(19)30-21/h4-8,11-14,17,27,30H,9-10,15H2,1-3H3/t17-,27-/m0/s1. The molecule has 3 aromatic carbocycles. The van der Waals surface area contributed by atoms with Crippen molar-refractivity contribution in [1.29, 1.82) is 0 Å². The summed E-state index contributed by atoms with van der Waals surface area (Å²) in [5, 5.41) is 3.57. The molecule has 0 unspecified atom stereocenters. The van der Waals surface area contributed by atoms with Crippen molar-refractivity contribution in [2.75, 3.05) is 33.4 Å². The number of Topliss-reactive ketones (excluding diaryl/α,β-unsaturated/α-hetero) is 1. The Bertz CT molecular complexity index is 1360. The number of carbonyl (C=O) groups excluding carboxylic acids is 1. The zero-order valence-corrected chi connectivity index (χ0v) is 20.4. The monoisotopic (exact) mass is 485 g/mol. The Morgan fingerprint density at radius 1 is 0.833 bits per heavy atom. The number of benzene rings is 3. The topological polar surface area (TPSA) is 75.3 Å². The van der Waals surface area contributed by atoms with Crippen LogP contribution in [-0.2, 0) is 4.79 Å². The quantitative estimate of drug-likeness (QED) is 0.519. The van der Waals surface area contributed by atoms with Crippen LogP contribution in [0.15, 0.2) is 65.9 Å². The van der Waals surface area contributed by atoms with E-state index in [4.69, 9.17) is 23.7 Å². The van der Waals surface area contributed by atoms with Crippen LogP contribution in [-0.4, -0.2) is 33.9 Å². The zero-order valence-electron chi connectivity index (χ0n) is 20.4. The van der Waals surface area contributed by atoms with Gasteiger partial charge in [-0.25, -0.2) is 0 Å². The molecule has 0 amide bonds. The highest BCUT2D eigenvalue weighted by Crippen LogP contribution is 2.52. The molecule has 3 aromatic rings. The van der Waals surface area contributed by atoms with E-state index in [0.29, 0.717) is 41.6 Å². The number of rotatable bonds is 5. The van der Waals surface area contributed by atoms with E-state index in [1.165, 1.54) is 0 Å². The van der Waals surface area contributed by atoms with Gasteiger partial charge >= 0.3 is 0 Å². The maximum Gasteiger partial charge on any atom is 0.231 e. The smallest absolute Gasteiger partial charge is 0.231 e. The fourth-order valence-corrected chi connectivity index (χ4v) is 5.57. The minimum atomic E-state index is -0.180. The summed E-state index contributed by atoms with van der Waals surface area (Å²) in [7, 11) is 4.78. The molecule has 1 aliphatic carbocycles. The summed E-state index contributed by atoms with van der Waals surface area (Å²) in [5.41, 5.74) is 5.75. The van der Waals surface area contributed by atoms with Crippen LogP contribution in [0.2, 0.25) is 0 Å². The highest BCUT2D eigenvalue weighted by molar-refractivity contribution is 6.02. The zero-order chi connectivity index (χ0) is 24.8. The average Bonchev–Trinajstić information content (AvgIpc) is 3.37. The van der Waals surface area contributed by atoms with Crippen molar-refractivity contribution in [2.45, 2.75) is 24.7 Å². The fraction of sp³-hybridized carbons (Fsp3) is 0.276. The number of carbonyl (C=O) groups is 1. The molecule has 36 heavy (non-hydrogen) atoms. The van der Waals surface area contributed by atoms with Crippen molar-refractivity contribution in [3.8, 4) is 28.7 Å². The molecule has 0 saturated heterocycles. The molecule has 0 bridgehead atoms. The van der Waals surface area contributed by atoms with Crippen molar-refractivity contribution in [2.24, 2.45) is 0 Å². The maximum atomic E-state index is 13.8. The number of anilines is 1. The van der Waals surface area contributed by atoms with Crippen LogP contribution in [0.3, 0.4) is 0 Å². The number of ketones is 1.